The van der Waals surface area contributed by atoms with Gasteiger partial charge in [0, 0.05) is 56.1 Å². The number of piperazine rings is 1. The summed E-state index contributed by atoms with van der Waals surface area (Å²) in [6.07, 6.45) is 0.852. The number of carbonyl (C=O) groups is 1. The van der Waals surface area contributed by atoms with Gasteiger partial charge < -0.3 is 10.2 Å². The van der Waals surface area contributed by atoms with Crippen LogP contribution in [0.1, 0.15) is 22.3 Å². The second kappa shape index (κ2) is 9.32. The summed E-state index contributed by atoms with van der Waals surface area (Å²) in [5.41, 5.74) is 2.81. The molecule has 1 N–H and O–H groups in total. The fourth-order valence-corrected chi connectivity index (χ4v) is 3.42. The normalized spacial score (nSPS) is 14.7. The van der Waals surface area contributed by atoms with Gasteiger partial charge in [-0.25, -0.2) is 0 Å². The molecule has 1 saturated heterocycles. The number of anilines is 1. The molecule has 1 heterocycles. The molecule has 1 aliphatic rings. The van der Waals surface area contributed by atoms with Gasteiger partial charge in [0.25, 0.3) is 11.6 Å². The molecule has 0 atom stereocenters. The van der Waals surface area contributed by atoms with Crippen molar-refractivity contribution >= 4 is 17.3 Å². The largest absolute Gasteiger partial charge is 0.369 e. The summed E-state index contributed by atoms with van der Waals surface area (Å²) < 4.78 is 0. The first-order chi connectivity index (χ1) is 13.5. The number of nitro benzene ring substituents is 1. The van der Waals surface area contributed by atoms with Crippen molar-refractivity contribution in [2.45, 2.75) is 13.3 Å². The van der Waals surface area contributed by atoms with E-state index in [9.17, 15) is 14.9 Å². The predicted octanol–water partition coefficient (Wildman–Crippen LogP) is 2.85. The molecule has 3 rings (SSSR count). The van der Waals surface area contributed by atoms with Crippen LogP contribution in [0, 0.1) is 17.0 Å². The first-order valence-electron chi connectivity index (χ1n) is 9.59. The van der Waals surface area contributed by atoms with E-state index in [2.05, 4.69) is 46.3 Å². The van der Waals surface area contributed by atoms with Gasteiger partial charge >= 0.3 is 0 Å². The lowest BCUT2D eigenvalue weighted by molar-refractivity contribution is -0.384. The van der Waals surface area contributed by atoms with Gasteiger partial charge in [0.05, 0.1) is 4.92 Å². The highest BCUT2D eigenvalue weighted by Crippen LogP contribution is 2.18. The number of nitrogens with zero attached hydrogens (tertiary/aromatic N) is 3. The number of aryl methyl sites for hydroxylation is 1. The van der Waals surface area contributed by atoms with E-state index >= 15 is 0 Å². The molecule has 2 aromatic carbocycles. The van der Waals surface area contributed by atoms with Gasteiger partial charge in [-0.2, -0.15) is 0 Å². The molecule has 0 unspecified atom stereocenters. The minimum absolute atomic E-state index is 0.0702. The summed E-state index contributed by atoms with van der Waals surface area (Å²) in [5, 5.41) is 13.7. The number of benzene rings is 2. The summed E-state index contributed by atoms with van der Waals surface area (Å²) in [6.45, 7) is 7.62. The maximum atomic E-state index is 12.1. The standard InChI is InChI=1S/C21H26N4O3/c1-17-5-2-7-19(15-17)24-13-11-23(12-14-24)10-4-9-22-21(26)18-6-3-8-20(16-18)25(27)28/h2-3,5-8,15-16H,4,9-14H2,1H3,(H,22,26). The topological polar surface area (TPSA) is 78.7 Å². The maximum absolute atomic E-state index is 12.1. The molecule has 1 fully saturated rings. The van der Waals surface area contributed by atoms with Crippen molar-refractivity contribution in [1.82, 2.24) is 10.2 Å². The first kappa shape index (κ1) is 19.8. The van der Waals surface area contributed by atoms with E-state index in [-0.39, 0.29) is 11.6 Å². The van der Waals surface area contributed by atoms with Crippen molar-refractivity contribution in [3.8, 4) is 0 Å². The summed E-state index contributed by atoms with van der Waals surface area (Å²) in [5.74, 6) is -0.270. The molecule has 0 aromatic heterocycles. The minimum Gasteiger partial charge on any atom is -0.369 e. The van der Waals surface area contributed by atoms with E-state index in [1.54, 1.807) is 6.07 Å². The molecule has 1 amide bonds. The molecule has 7 heteroatoms. The third-order valence-electron chi connectivity index (χ3n) is 4.99. The Morgan fingerprint density at radius 1 is 1.11 bits per heavy atom. The Hall–Kier alpha value is -2.93. The lowest BCUT2D eigenvalue weighted by Gasteiger charge is -2.36. The summed E-state index contributed by atoms with van der Waals surface area (Å²) in [4.78, 5) is 27.3. The van der Waals surface area contributed by atoms with Crippen molar-refractivity contribution in [1.29, 1.82) is 0 Å². The summed E-state index contributed by atoms with van der Waals surface area (Å²) in [7, 11) is 0. The Kier molecular flexibility index (Phi) is 6.60. The van der Waals surface area contributed by atoms with E-state index in [1.807, 2.05) is 0 Å². The van der Waals surface area contributed by atoms with Gasteiger partial charge in [-0.3, -0.25) is 19.8 Å². The van der Waals surface area contributed by atoms with Gasteiger partial charge in [-0.05, 0) is 43.7 Å². The van der Waals surface area contributed by atoms with Crippen molar-refractivity contribution in [3.63, 3.8) is 0 Å². The van der Waals surface area contributed by atoms with Gasteiger partial charge in [0.1, 0.15) is 0 Å². The van der Waals surface area contributed by atoms with Gasteiger partial charge in [-0.1, -0.05) is 18.2 Å². The van der Waals surface area contributed by atoms with Crippen molar-refractivity contribution in [2.75, 3.05) is 44.2 Å². The van der Waals surface area contributed by atoms with Gasteiger partial charge in [-0.15, -0.1) is 0 Å². The Bertz CT molecular complexity index is 832. The van der Waals surface area contributed by atoms with Crippen LogP contribution in [0.5, 0.6) is 0 Å². The number of hydrogen-bond acceptors (Lipinski definition) is 5. The smallest absolute Gasteiger partial charge is 0.270 e. The van der Waals surface area contributed by atoms with E-state index in [0.717, 1.165) is 39.1 Å². The third-order valence-corrected chi connectivity index (χ3v) is 4.99. The Balaban J connectivity index is 1.38. The molecule has 7 nitrogen and oxygen atoms in total. The van der Waals surface area contributed by atoms with E-state index in [1.165, 1.54) is 29.4 Å². The molecule has 28 heavy (non-hydrogen) atoms. The van der Waals surface area contributed by atoms with Crippen molar-refractivity contribution in [2.24, 2.45) is 0 Å². The molecule has 0 spiro atoms. The average Bonchev–Trinajstić information content (AvgIpc) is 2.71. The van der Waals surface area contributed by atoms with Crippen molar-refractivity contribution in [3.05, 3.63) is 69.8 Å². The van der Waals surface area contributed by atoms with Crippen LogP contribution >= 0.6 is 0 Å². The fourth-order valence-electron chi connectivity index (χ4n) is 3.42. The number of amides is 1. The fraction of sp³-hybridized carbons (Fsp3) is 0.381. The van der Waals surface area contributed by atoms with E-state index in [0.29, 0.717) is 12.1 Å². The lowest BCUT2D eigenvalue weighted by atomic mass is 10.2. The molecule has 0 aliphatic carbocycles. The lowest BCUT2D eigenvalue weighted by Crippen LogP contribution is -2.47. The second-order valence-corrected chi connectivity index (χ2v) is 7.08. The van der Waals surface area contributed by atoms with E-state index in [4.69, 9.17) is 0 Å². The number of hydrogen-bond donors (Lipinski definition) is 1. The molecular weight excluding hydrogens is 356 g/mol. The molecule has 0 bridgehead atoms. The van der Waals surface area contributed by atoms with Crippen LogP contribution < -0.4 is 10.2 Å². The van der Waals surface area contributed by atoms with Crippen LogP contribution in [-0.2, 0) is 0 Å². The highest BCUT2D eigenvalue weighted by atomic mass is 16.6. The molecule has 0 saturated carbocycles. The molecule has 148 valence electrons. The minimum atomic E-state index is -0.493. The molecular formula is C21H26N4O3. The zero-order valence-electron chi connectivity index (χ0n) is 16.1. The predicted molar refractivity (Wildman–Crippen MR) is 110 cm³/mol. The highest BCUT2D eigenvalue weighted by molar-refractivity contribution is 5.94. The number of carbonyl (C=O) groups excluding carboxylic acids is 1. The van der Waals surface area contributed by atoms with E-state index < -0.39 is 4.92 Å². The van der Waals surface area contributed by atoms with Crippen molar-refractivity contribution < 1.29 is 9.72 Å². The third kappa shape index (κ3) is 5.29. The van der Waals surface area contributed by atoms with Crippen LogP contribution in [0.2, 0.25) is 0 Å². The van der Waals surface area contributed by atoms with Crippen LogP contribution in [0.3, 0.4) is 0 Å². The monoisotopic (exact) mass is 382 g/mol. The summed E-state index contributed by atoms with van der Waals surface area (Å²) >= 11 is 0. The van der Waals surface area contributed by atoms with Crippen LogP contribution in [-0.4, -0.2) is 55.0 Å². The first-order valence-corrected chi connectivity index (χ1v) is 9.59. The zero-order valence-corrected chi connectivity index (χ0v) is 16.1. The number of rotatable bonds is 7. The molecule has 2 aromatic rings. The van der Waals surface area contributed by atoms with Crippen LogP contribution in [0.25, 0.3) is 0 Å². The maximum Gasteiger partial charge on any atom is 0.270 e. The van der Waals surface area contributed by atoms with Gasteiger partial charge in [0.15, 0.2) is 0 Å². The average molecular weight is 382 g/mol. The van der Waals surface area contributed by atoms with Gasteiger partial charge in [0.2, 0.25) is 0 Å². The number of non-ortho nitro benzene ring substituents is 1. The quantitative estimate of drug-likeness (QED) is 0.453. The second-order valence-electron chi connectivity index (χ2n) is 7.08. The Labute approximate surface area is 165 Å². The summed E-state index contributed by atoms with van der Waals surface area (Å²) in [6, 6.07) is 14.4. The Morgan fingerprint density at radius 2 is 1.86 bits per heavy atom. The Morgan fingerprint density at radius 3 is 2.57 bits per heavy atom. The number of nitrogens with one attached hydrogen (secondary N) is 1. The zero-order chi connectivity index (χ0) is 19.9. The highest BCUT2D eigenvalue weighted by Gasteiger charge is 2.17. The number of nitro groups is 1. The molecule has 1 aliphatic heterocycles. The molecule has 0 radical (unpaired) electrons. The van der Waals surface area contributed by atoms with Crippen LogP contribution in [0.15, 0.2) is 48.5 Å². The van der Waals surface area contributed by atoms with Crippen LogP contribution in [0.4, 0.5) is 11.4 Å². The SMILES string of the molecule is Cc1cccc(N2CCN(CCCNC(=O)c3cccc([N+](=O)[O-])c3)CC2)c1.